The smallest absolute Gasteiger partial charge is 0.246 e. The Kier molecular flexibility index (Phi) is 4.41. The molecule has 18 heavy (non-hydrogen) atoms. The lowest BCUT2D eigenvalue weighted by atomic mass is 10.3. The van der Waals surface area contributed by atoms with Gasteiger partial charge in [0, 0.05) is 27.6 Å². The number of hydrogen-bond donors (Lipinski definition) is 1. The summed E-state index contributed by atoms with van der Waals surface area (Å²) in [5.41, 5.74) is 0.515. The Morgan fingerprint density at radius 2 is 2.22 bits per heavy atom. The first-order chi connectivity index (χ1) is 8.54. The van der Waals surface area contributed by atoms with Gasteiger partial charge < -0.3 is 5.32 Å². The fourth-order valence-electron chi connectivity index (χ4n) is 1.28. The van der Waals surface area contributed by atoms with Crippen molar-refractivity contribution < 1.29 is 4.79 Å². The maximum Gasteiger partial charge on any atom is 0.246 e. The second-order valence-corrected chi connectivity index (χ2v) is 5.19. The maximum absolute atomic E-state index is 11.7. The standard InChI is InChI=1S/C10H7Cl2IN4O/c11-6-1-2-8(7(12)3-6)15-9(18)4-17-5-14-10(13)16-17/h1-3,5H,4H2,(H,15,18). The predicted molar refractivity (Wildman–Crippen MR) is 77.8 cm³/mol. The number of carbonyl (C=O) groups is 1. The van der Waals surface area contributed by atoms with Gasteiger partial charge in [-0.2, -0.15) is 0 Å². The fourth-order valence-corrected chi connectivity index (χ4v) is 2.13. The van der Waals surface area contributed by atoms with Crippen molar-refractivity contribution in [1.29, 1.82) is 0 Å². The van der Waals surface area contributed by atoms with Gasteiger partial charge in [0.15, 0.2) is 0 Å². The molecule has 1 aromatic heterocycles. The highest BCUT2D eigenvalue weighted by Crippen LogP contribution is 2.25. The molecule has 1 amide bonds. The number of nitrogens with one attached hydrogen (secondary N) is 1. The van der Waals surface area contributed by atoms with Crippen molar-refractivity contribution in [3.8, 4) is 0 Å². The van der Waals surface area contributed by atoms with Gasteiger partial charge in [0.25, 0.3) is 0 Å². The number of aromatic nitrogens is 3. The first-order valence-corrected chi connectivity index (χ1v) is 6.68. The van der Waals surface area contributed by atoms with Crippen molar-refractivity contribution in [2.75, 3.05) is 5.32 Å². The third-order valence-electron chi connectivity index (χ3n) is 2.02. The van der Waals surface area contributed by atoms with E-state index >= 15 is 0 Å². The number of hydrogen-bond acceptors (Lipinski definition) is 3. The van der Waals surface area contributed by atoms with Gasteiger partial charge in [-0.15, -0.1) is 5.10 Å². The number of benzene rings is 1. The first kappa shape index (κ1) is 13.6. The van der Waals surface area contributed by atoms with Crippen LogP contribution in [0.2, 0.25) is 10.0 Å². The SMILES string of the molecule is O=C(Cn1cnc(I)n1)Nc1ccc(Cl)cc1Cl. The lowest BCUT2D eigenvalue weighted by Crippen LogP contribution is -2.19. The van der Waals surface area contributed by atoms with Gasteiger partial charge in [0.05, 0.1) is 10.7 Å². The molecule has 0 atom stereocenters. The Balaban J connectivity index is 2.03. The van der Waals surface area contributed by atoms with Crippen LogP contribution in [-0.4, -0.2) is 20.7 Å². The second-order valence-electron chi connectivity index (χ2n) is 3.38. The van der Waals surface area contributed by atoms with Crippen LogP contribution >= 0.6 is 45.8 Å². The van der Waals surface area contributed by atoms with Crippen molar-refractivity contribution in [3.63, 3.8) is 0 Å². The summed E-state index contributed by atoms with van der Waals surface area (Å²) in [6.45, 7) is 0.0783. The third-order valence-corrected chi connectivity index (χ3v) is 3.06. The van der Waals surface area contributed by atoms with Crippen LogP contribution in [0, 0.1) is 3.83 Å². The van der Waals surface area contributed by atoms with Gasteiger partial charge in [-0.25, -0.2) is 9.67 Å². The molecule has 2 aromatic rings. The van der Waals surface area contributed by atoms with Crippen molar-refractivity contribution in [3.05, 3.63) is 38.4 Å². The quantitative estimate of drug-likeness (QED) is 0.811. The Morgan fingerprint density at radius 1 is 1.44 bits per heavy atom. The molecule has 0 saturated carbocycles. The molecule has 0 aliphatic carbocycles. The van der Waals surface area contributed by atoms with Crippen molar-refractivity contribution in [1.82, 2.24) is 14.8 Å². The maximum atomic E-state index is 11.7. The summed E-state index contributed by atoms with van der Waals surface area (Å²) in [5.74, 6) is -0.236. The monoisotopic (exact) mass is 396 g/mol. The minimum absolute atomic E-state index is 0.0783. The van der Waals surface area contributed by atoms with E-state index in [4.69, 9.17) is 23.2 Å². The van der Waals surface area contributed by atoms with Gasteiger partial charge in [-0.1, -0.05) is 23.2 Å². The summed E-state index contributed by atoms with van der Waals surface area (Å²) >= 11 is 13.7. The Labute approximate surface area is 127 Å². The highest BCUT2D eigenvalue weighted by Gasteiger charge is 2.08. The molecule has 1 aromatic carbocycles. The third kappa shape index (κ3) is 3.56. The molecule has 0 fully saturated rings. The van der Waals surface area contributed by atoms with E-state index in [-0.39, 0.29) is 12.5 Å². The molecule has 0 bridgehead atoms. The number of anilines is 1. The van der Waals surface area contributed by atoms with E-state index < -0.39 is 0 Å². The minimum Gasteiger partial charge on any atom is -0.323 e. The van der Waals surface area contributed by atoms with Crippen LogP contribution in [0.1, 0.15) is 0 Å². The highest BCUT2D eigenvalue weighted by molar-refractivity contribution is 14.1. The molecule has 0 aliphatic rings. The number of amides is 1. The Morgan fingerprint density at radius 3 is 2.83 bits per heavy atom. The first-order valence-electron chi connectivity index (χ1n) is 4.84. The lowest BCUT2D eigenvalue weighted by Gasteiger charge is -2.07. The topological polar surface area (TPSA) is 59.8 Å². The Hall–Kier alpha value is -0.860. The molecule has 1 heterocycles. The zero-order chi connectivity index (χ0) is 13.1. The lowest BCUT2D eigenvalue weighted by molar-refractivity contribution is -0.116. The molecule has 0 unspecified atom stereocenters. The van der Waals surface area contributed by atoms with E-state index in [1.165, 1.54) is 11.0 Å². The zero-order valence-electron chi connectivity index (χ0n) is 8.90. The average molecular weight is 397 g/mol. The summed E-state index contributed by atoms with van der Waals surface area (Å²) < 4.78 is 2.03. The second kappa shape index (κ2) is 5.85. The predicted octanol–water partition coefficient (Wildman–Crippen LogP) is 2.83. The van der Waals surface area contributed by atoms with E-state index in [2.05, 4.69) is 15.4 Å². The number of halogens is 3. The van der Waals surface area contributed by atoms with Crippen LogP contribution in [0.4, 0.5) is 5.69 Å². The van der Waals surface area contributed by atoms with Crippen LogP contribution in [0.5, 0.6) is 0 Å². The van der Waals surface area contributed by atoms with E-state index in [9.17, 15) is 4.79 Å². The fraction of sp³-hybridized carbons (Fsp3) is 0.100. The Bertz CT molecular complexity index is 587. The normalized spacial score (nSPS) is 10.4. The minimum atomic E-state index is -0.236. The van der Waals surface area contributed by atoms with Gasteiger partial charge in [-0.05, 0) is 18.2 Å². The molecule has 5 nitrogen and oxygen atoms in total. The summed E-state index contributed by atoms with van der Waals surface area (Å²) in [4.78, 5) is 15.7. The summed E-state index contributed by atoms with van der Waals surface area (Å²) in [6, 6.07) is 4.87. The van der Waals surface area contributed by atoms with Crippen LogP contribution in [0.25, 0.3) is 0 Å². The van der Waals surface area contributed by atoms with Crippen molar-refractivity contribution in [2.45, 2.75) is 6.54 Å². The van der Waals surface area contributed by atoms with E-state index in [0.29, 0.717) is 19.6 Å². The molecule has 0 saturated heterocycles. The van der Waals surface area contributed by atoms with Crippen LogP contribution in [0.3, 0.4) is 0 Å². The number of nitrogens with zero attached hydrogens (tertiary/aromatic N) is 3. The molecule has 0 spiro atoms. The van der Waals surface area contributed by atoms with Gasteiger partial charge in [-0.3, -0.25) is 4.79 Å². The van der Waals surface area contributed by atoms with Gasteiger partial charge in [0.1, 0.15) is 12.9 Å². The molecule has 8 heteroatoms. The van der Waals surface area contributed by atoms with Crippen LogP contribution in [-0.2, 0) is 11.3 Å². The molecule has 1 N–H and O–H groups in total. The van der Waals surface area contributed by atoms with E-state index in [1.54, 1.807) is 18.2 Å². The molecular formula is C10H7Cl2IN4O. The van der Waals surface area contributed by atoms with Crippen molar-refractivity contribution >= 4 is 57.4 Å². The largest absolute Gasteiger partial charge is 0.323 e. The summed E-state index contributed by atoms with van der Waals surface area (Å²) in [7, 11) is 0. The molecule has 94 valence electrons. The number of rotatable bonds is 3. The molecule has 2 rings (SSSR count). The summed E-state index contributed by atoms with van der Waals surface area (Å²) in [5, 5.41) is 7.59. The van der Waals surface area contributed by atoms with Crippen LogP contribution in [0.15, 0.2) is 24.5 Å². The van der Waals surface area contributed by atoms with E-state index in [0.717, 1.165) is 0 Å². The van der Waals surface area contributed by atoms with Crippen molar-refractivity contribution in [2.24, 2.45) is 0 Å². The van der Waals surface area contributed by atoms with Gasteiger partial charge >= 0.3 is 0 Å². The highest BCUT2D eigenvalue weighted by atomic mass is 127. The number of carbonyl (C=O) groups excluding carboxylic acids is 1. The van der Waals surface area contributed by atoms with E-state index in [1.807, 2.05) is 22.6 Å². The van der Waals surface area contributed by atoms with Crippen LogP contribution < -0.4 is 5.32 Å². The molecule has 0 radical (unpaired) electrons. The molecular weight excluding hydrogens is 390 g/mol. The molecule has 0 aliphatic heterocycles. The zero-order valence-corrected chi connectivity index (χ0v) is 12.6. The average Bonchev–Trinajstić information content (AvgIpc) is 2.68. The van der Waals surface area contributed by atoms with Gasteiger partial charge in [0.2, 0.25) is 9.74 Å². The summed E-state index contributed by atoms with van der Waals surface area (Å²) in [6.07, 6.45) is 1.49.